The van der Waals surface area contributed by atoms with Crippen molar-refractivity contribution in [3.63, 3.8) is 0 Å². The number of carboxylic acids is 1. The van der Waals surface area contributed by atoms with Gasteiger partial charge in [-0.15, -0.1) is 0 Å². The molecule has 6 nitrogen and oxygen atoms in total. The fourth-order valence-corrected chi connectivity index (χ4v) is 13.0. The van der Waals surface area contributed by atoms with E-state index < -0.39 is 11.9 Å². The molecule has 0 radical (unpaired) electrons. The Hall–Kier alpha value is -1.59. The highest BCUT2D eigenvalue weighted by Crippen LogP contribution is 2.78. The summed E-state index contributed by atoms with van der Waals surface area (Å²) in [6.45, 7) is 19.5. The number of esters is 2. The van der Waals surface area contributed by atoms with E-state index in [1.807, 2.05) is 0 Å². The number of carbonyl (C=O) groups excluding carboxylic acids is 3. The molecule has 0 aliphatic heterocycles. The molecule has 5 fully saturated rings. The lowest BCUT2D eigenvalue weighted by Gasteiger charge is -2.73. The molecule has 5 aliphatic rings. The summed E-state index contributed by atoms with van der Waals surface area (Å²) in [6, 6.07) is 0. The van der Waals surface area contributed by atoms with Gasteiger partial charge in [0.05, 0.1) is 13.0 Å². The van der Waals surface area contributed by atoms with Crippen molar-refractivity contribution in [3.05, 3.63) is 0 Å². The van der Waals surface area contributed by atoms with Crippen LogP contribution < -0.4 is 5.11 Å². The van der Waals surface area contributed by atoms with Crippen LogP contribution in [0.5, 0.6) is 0 Å². The second-order valence-corrected chi connectivity index (χ2v) is 17.3. The van der Waals surface area contributed by atoms with Crippen molar-refractivity contribution in [2.45, 2.75) is 145 Å². The lowest BCUT2D eigenvalue weighted by Crippen LogP contribution is -2.66. The van der Waals surface area contributed by atoms with E-state index in [0.29, 0.717) is 42.1 Å². The Morgan fingerprint density at radius 3 is 2.19 bits per heavy atom. The van der Waals surface area contributed by atoms with E-state index in [-0.39, 0.29) is 52.0 Å². The second-order valence-electron chi connectivity index (χ2n) is 17.3. The first-order valence-corrected chi connectivity index (χ1v) is 17.5. The van der Waals surface area contributed by atoms with Crippen molar-refractivity contribution in [1.29, 1.82) is 0 Å². The topological polar surface area (TPSA) is 92.7 Å². The minimum absolute atomic E-state index is 0.00911. The Labute approximate surface area is 260 Å². The van der Waals surface area contributed by atoms with Crippen molar-refractivity contribution in [1.82, 2.24) is 0 Å². The molecule has 244 valence electrons. The summed E-state index contributed by atoms with van der Waals surface area (Å²) in [7, 11) is 0. The Bertz CT molecular complexity index is 1100. The number of rotatable bonds is 8. The van der Waals surface area contributed by atoms with Crippen molar-refractivity contribution in [2.24, 2.45) is 62.6 Å². The minimum Gasteiger partial charge on any atom is -0.550 e. The third kappa shape index (κ3) is 5.17. The van der Waals surface area contributed by atoms with Crippen molar-refractivity contribution < 1.29 is 29.0 Å². The highest BCUT2D eigenvalue weighted by atomic mass is 16.5. The third-order valence-corrected chi connectivity index (χ3v) is 15.2. The van der Waals surface area contributed by atoms with Crippen molar-refractivity contribution in [2.75, 3.05) is 6.61 Å². The van der Waals surface area contributed by atoms with E-state index in [4.69, 9.17) is 9.47 Å². The maximum atomic E-state index is 12.3. The summed E-state index contributed by atoms with van der Waals surface area (Å²) in [5.41, 5.74) is 0.993. The largest absolute Gasteiger partial charge is 0.550 e. The van der Waals surface area contributed by atoms with Crippen LogP contribution in [0.1, 0.15) is 139 Å². The van der Waals surface area contributed by atoms with Gasteiger partial charge in [-0.05, 0) is 134 Å². The summed E-state index contributed by atoms with van der Waals surface area (Å²) in [4.78, 5) is 35.1. The molecule has 0 aromatic carbocycles. The van der Waals surface area contributed by atoms with Crippen LogP contribution in [0.3, 0.4) is 0 Å². The van der Waals surface area contributed by atoms with E-state index in [0.717, 1.165) is 19.3 Å². The van der Waals surface area contributed by atoms with Gasteiger partial charge in [-0.1, -0.05) is 48.5 Å². The molecule has 0 heterocycles. The number of hydrogen-bond donors (Lipinski definition) is 0. The number of carboxylic acid groups (broad SMARTS) is 1. The van der Waals surface area contributed by atoms with Gasteiger partial charge in [-0.3, -0.25) is 9.59 Å². The third-order valence-electron chi connectivity index (χ3n) is 15.2. The molecular formula is C37H59O6-. The van der Waals surface area contributed by atoms with Gasteiger partial charge in [0, 0.05) is 18.3 Å². The normalized spacial score (nSPS) is 44.9. The molecule has 0 spiro atoms. The molecule has 5 aliphatic carbocycles. The molecule has 0 N–H and O–H groups in total. The van der Waals surface area contributed by atoms with Crippen LogP contribution in [0.4, 0.5) is 0 Å². The lowest BCUT2D eigenvalue weighted by molar-refractivity contribution is -0.305. The highest BCUT2D eigenvalue weighted by molar-refractivity contribution is 5.75. The molecule has 43 heavy (non-hydrogen) atoms. The summed E-state index contributed by atoms with van der Waals surface area (Å²) in [5.74, 6) is 2.12. The van der Waals surface area contributed by atoms with E-state index >= 15 is 0 Å². The fraction of sp³-hybridized carbons (Fsp3) is 0.919. The predicted octanol–water partition coefficient (Wildman–Crippen LogP) is 7.12. The summed E-state index contributed by atoms with van der Waals surface area (Å²) >= 11 is 0. The lowest BCUT2D eigenvalue weighted by atomic mass is 9.32. The fourth-order valence-electron chi connectivity index (χ4n) is 13.0. The molecule has 0 aromatic rings. The Kier molecular flexibility index (Phi) is 8.64. The summed E-state index contributed by atoms with van der Waals surface area (Å²) in [6.07, 6.45) is 12.6. The molecule has 0 bridgehead atoms. The smallest absolute Gasteiger partial charge is 0.306 e. The zero-order valence-corrected chi connectivity index (χ0v) is 28.4. The second kappa shape index (κ2) is 11.3. The van der Waals surface area contributed by atoms with Gasteiger partial charge in [-0.25, -0.2) is 0 Å². The average Bonchev–Trinajstić information content (AvgIpc) is 3.29. The Morgan fingerprint density at radius 2 is 1.53 bits per heavy atom. The van der Waals surface area contributed by atoms with Crippen LogP contribution in [0, 0.1) is 62.6 Å². The first kappa shape index (κ1) is 32.8. The van der Waals surface area contributed by atoms with Gasteiger partial charge in [0.2, 0.25) is 0 Å². The molecular weight excluding hydrogens is 540 g/mol. The number of hydrogen-bond acceptors (Lipinski definition) is 6. The standard InChI is InChI=1S/C37H60O6/c1-23(2)25-13-18-37(21-22-42-31(41)12-11-30(39)40)20-19-35(7)26(32(25)37)9-10-28-34(6)16-15-29(43-24(3)38)33(4,5)27(34)14-17-36(28,35)8/h23,25-29,32H,9-22H2,1-8H3,(H,39,40)/p-1/t25-,26?,27?,28?,29?,32?,34-,35+,36+,37+/m0/s1. The van der Waals surface area contributed by atoms with E-state index in [2.05, 4.69) is 48.5 Å². The van der Waals surface area contributed by atoms with Crippen LogP contribution in [0.15, 0.2) is 0 Å². The van der Waals surface area contributed by atoms with Crippen molar-refractivity contribution >= 4 is 17.9 Å². The van der Waals surface area contributed by atoms with Crippen LogP contribution in [-0.4, -0.2) is 30.6 Å². The number of aliphatic carboxylic acids is 1. The van der Waals surface area contributed by atoms with E-state index in [1.165, 1.54) is 51.4 Å². The van der Waals surface area contributed by atoms with Gasteiger partial charge in [0.25, 0.3) is 0 Å². The molecule has 0 amide bonds. The van der Waals surface area contributed by atoms with Gasteiger partial charge in [-0.2, -0.15) is 0 Å². The molecule has 5 unspecified atom stereocenters. The Morgan fingerprint density at radius 1 is 0.814 bits per heavy atom. The van der Waals surface area contributed by atoms with Gasteiger partial charge < -0.3 is 19.4 Å². The molecule has 5 rings (SSSR count). The zero-order chi connectivity index (χ0) is 31.6. The maximum Gasteiger partial charge on any atom is 0.306 e. The summed E-state index contributed by atoms with van der Waals surface area (Å²) < 4.78 is 11.6. The SMILES string of the molecule is CC(=O)OC1CC[C@@]2(C)C(CC[C@]3(C)C2CCC2C4[C@H](C(C)C)CC[C@]4(CCOC(=O)CCC(=O)[O-])CC[C@]23C)C1(C)C. The highest BCUT2D eigenvalue weighted by Gasteiger charge is 2.71. The van der Waals surface area contributed by atoms with Crippen LogP contribution in [0.25, 0.3) is 0 Å². The predicted molar refractivity (Wildman–Crippen MR) is 164 cm³/mol. The maximum absolute atomic E-state index is 12.3. The van der Waals surface area contributed by atoms with Crippen LogP contribution >= 0.6 is 0 Å². The Balaban J connectivity index is 1.40. The number of carbonyl (C=O) groups is 3. The average molecular weight is 600 g/mol. The molecule has 5 saturated carbocycles. The monoisotopic (exact) mass is 599 g/mol. The quantitative estimate of drug-likeness (QED) is 0.276. The molecule has 6 heteroatoms. The molecule has 10 atom stereocenters. The van der Waals surface area contributed by atoms with Gasteiger partial charge in [0.1, 0.15) is 6.10 Å². The van der Waals surface area contributed by atoms with E-state index in [1.54, 1.807) is 6.92 Å². The van der Waals surface area contributed by atoms with Crippen molar-refractivity contribution in [3.8, 4) is 0 Å². The van der Waals surface area contributed by atoms with E-state index in [9.17, 15) is 19.5 Å². The summed E-state index contributed by atoms with van der Waals surface area (Å²) in [5, 5.41) is 10.8. The first-order chi connectivity index (χ1) is 20.0. The number of ether oxygens (including phenoxy) is 2. The zero-order valence-electron chi connectivity index (χ0n) is 28.4. The number of fused-ring (bicyclic) bond motifs is 7. The van der Waals surface area contributed by atoms with Gasteiger partial charge in [0.15, 0.2) is 0 Å². The van der Waals surface area contributed by atoms with Crippen LogP contribution in [0.2, 0.25) is 0 Å². The van der Waals surface area contributed by atoms with Gasteiger partial charge >= 0.3 is 11.9 Å². The van der Waals surface area contributed by atoms with Crippen LogP contribution in [-0.2, 0) is 23.9 Å². The molecule has 0 saturated heterocycles. The molecule has 0 aromatic heterocycles. The first-order valence-electron chi connectivity index (χ1n) is 17.5. The minimum atomic E-state index is -1.20.